The fourth-order valence-electron chi connectivity index (χ4n) is 4.83. The molecule has 174 valence electrons. The number of aromatic nitrogens is 1. The number of H-pyrrole nitrogens is 1. The Morgan fingerprint density at radius 3 is 2.78 bits per heavy atom. The van der Waals surface area contributed by atoms with E-state index in [0.29, 0.717) is 12.6 Å². The molecular formula is C25H36N4O2S. The number of aryl methyl sites for hydroxylation is 1. The molecule has 1 saturated carbocycles. The molecule has 0 bridgehead atoms. The van der Waals surface area contributed by atoms with E-state index in [1.54, 1.807) is 0 Å². The molecule has 1 aliphatic heterocycles. The quantitative estimate of drug-likeness (QED) is 0.469. The number of hydrogen-bond donors (Lipinski definition) is 2. The van der Waals surface area contributed by atoms with Gasteiger partial charge in [0.1, 0.15) is 0 Å². The van der Waals surface area contributed by atoms with Crippen molar-refractivity contribution in [2.24, 2.45) is 0 Å². The van der Waals surface area contributed by atoms with Gasteiger partial charge in [0, 0.05) is 36.8 Å². The highest BCUT2D eigenvalue weighted by molar-refractivity contribution is 7.80. The minimum Gasteiger partial charge on any atom is -0.379 e. The van der Waals surface area contributed by atoms with Crippen LogP contribution in [0.25, 0.3) is 10.9 Å². The van der Waals surface area contributed by atoms with Crippen molar-refractivity contribution in [3.63, 3.8) is 0 Å². The molecule has 1 aromatic heterocycles. The second kappa shape index (κ2) is 11.3. The van der Waals surface area contributed by atoms with E-state index in [1.165, 1.54) is 18.4 Å². The number of aromatic amines is 1. The molecule has 6 nitrogen and oxygen atoms in total. The van der Waals surface area contributed by atoms with Crippen LogP contribution < -0.4 is 10.9 Å². The number of morpholine rings is 1. The maximum absolute atomic E-state index is 12.8. The third-order valence-electron chi connectivity index (χ3n) is 6.79. The van der Waals surface area contributed by atoms with Gasteiger partial charge in [0.15, 0.2) is 5.11 Å². The summed E-state index contributed by atoms with van der Waals surface area (Å²) in [6, 6.07) is 8.73. The van der Waals surface area contributed by atoms with Gasteiger partial charge in [-0.05, 0) is 73.6 Å². The molecule has 0 amide bonds. The highest BCUT2D eigenvalue weighted by Crippen LogP contribution is 2.25. The van der Waals surface area contributed by atoms with Crippen molar-refractivity contribution in [1.82, 2.24) is 20.1 Å². The largest absolute Gasteiger partial charge is 0.379 e. The number of thiocarbonyl (C=S) groups is 1. The summed E-state index contributed by atoms with van der Waals surface area (Å²) in [4.78, 5) is 20.6. The summed E-state index contributed by atoms with van der Waals surface area (Å²) in [7, 11) is 0. The second-order valence-corrected chi connectivity index (χ2v) is 9.39. The molecule has 2 aromatic rings. The minimum absolute atomic E-state index is 0.0140. The van der Waals surface area contributed by atoms with Crippen molar-refractivity contribution in [3.8, 4) is 0 Å². The average Bonchev–Trinajstić information content (AvgIpc) is 3.35. The van der Waals surface area contributed by atoms with Crippen molar-refractivity contribution >= 4 is 28.2 Å². The summed E-state index contributed by atoms with van der Waals surface area (Å²) in [5, 5.41) is 5.35. The highest BCUT2D eigenvalue weighted by Gasteiger charge is 2.25. The van der Waals surface area contributed by atoms with Crippen molar-refractivity contribution in [2.45, 2.75) is 58.0 Å². The molecule has 2 heterocycles. The van der Waals surface area contributed by atoms with E-state index in [2.05, 4.69) is 45.2 Å². The van der Waals surface area contributed by atoms with Crippen LogP contribution in [0.5, 0.6) is 0 Å². The summed E-state index contributed by atoms with van der Waals surface area (Å²) < 4.78 is 5.43. The molecule has 4 rings (SSSR count). The van der Waals surface area contributed by atoms with Gasteiger partial charge in [-0.2, -0.15) is 0 Å². The molecule has 0 spiro atoms. The summed E-state index contributed by atoms with van der Waals surface area (Å²) in [6.07, 6.45) is 6.78. The SMILES string of the molecule is CCc1ccc2[nH]c(=O)c(CN(C(=S)NCCCN3CCOCC3)C3CCCC3)cc2c1. The van der Waals surface area contributed by atoms with Gasteiger partial charge in [0.25, 0.3) is 5.56 Å². The van der Waals surface area contributed by atoms with Crippen LogP contribution in [-0.4, -0.2) is 65.3 Å². The van der Waals surface area contributed by atoms with Gasteiger partial charge < -0.3 is 19.9 Å². The number of hydrogen-bond acceptors (Lipinski definition) is 4. The number of benzene rings is 1. The maximum atomic E-state index is 12.8. The molecule has 2 N–H and O–H groups in total. The van der Waals surface area contributed by atoms with Crippen LogP contribution >= 0.6 is 12.2 Å². The average molecular weight is 457 g/mol. The summed E-state index contributed by atoms with van der Waals surface area (Å²) in [5.74, 6) is 0. The van der Waals surface area contributed by atoms with E-state index in [9.17, 15) is 4.79 Å². The summed E-state index contributed by atoms with van der Waals surface area (Å²) in [6.45, 7) is 8.33. The normalized spacial score (nSPS) is 17.7. The number of ether oxygens (including phenoxy) is 1. The van der Waals surface area contributed by atoms with Gasteiger partial charge in [0.2, 0.25) is 0 Å². The van der Waals surface area contributed by atoms with Crippen LogP contribution in [0.4, 0.5) is 0 Å². The zero-order valence-electron chi connectivity index (χ0n) is 19.2. The van der Waals surface area contributed by atoms with E-state index in [-0.39, 0.29) is 5.56 Å². The van der Waals surface area contributed by atoms with Gasteiger partial charge in [0.05, 0.1) is 19.8 Å². The molecule has 32 heavy (non-hydrogen) atoms. The smallest absolute Gasteiger partial charge is 0.253 e. The van der Waals surface area contributed by atoms with E-state index >= 15 is 0 Å². The maximum Gasteiger partial charge on any atom is 0.253 e. The van der Waals surface area contributed by atoms with Gasteiger partial charge in [-0.25, -0.2) is 0 Å². The first-order valence-electron chi connectivity index (χ1n) is 12.1. The van der Waals surface area contributed by atoms with Crippen LogP contribution in [0.15, 0.2) is 29.1 Å². The molecule has 1 saturated heterocycles. The predicted octanol–water partition coefficient (Wildman–Crippen LogP) is 3.43. The van der Waals surface area contributed by atoms with Gasteiger partial charge in [-0.1, -0.05) is 25.8 Å². The first-order chi connectivity index (χ1) is 15.6. The molecule has 0 atom stereocenters. The van der Waals surface area contributed by atoms with Crippen LogP contribution in [0, 0.1) is 0 Å². The van der Waals surface area contributed by atoms with Crippen LogP contribution in [0.2, 0.25) is 0 Å². The number of pyridine rings is 1. The van der Waals surface area contributed by atoms with Crippen LogP contribution in [-0.2, 0) is 17.7 Å². The first-order valence-corrected chi connectivity index (χ1v) is 12.5. The Morgan fingerprint density at radius 1 is 1.25 bits per heavy atom. The Morgan fingerprint density at radius 2 is 2.03 bits per heavy atom. The minimum atomic E-state index is -0.0140. The van der Waals surface area contributed by atoms with Crippen LogP contribution in [0.1, 0.15) is 50.2 Å². The van der Waals surface area contributed by atoms with Crippen LogP contribution in [0.3, 0.4) is 0 Å². The molecule has 2 fully saturated rings. The monoisotopic (exact) mass is 456 g/mol. The lowest BCUT2D eigenvalue weighted by Gasteiger charge is -2.32. The lowest BCUT2D eigenvalue weighted by molar-refractivity contribution is 0.0375. The van der Waals surface area contributed by atoms with E-state index in [4.69, 9.17) is 17.0 Å². The fraction of sp³-hybridized carbons (Fsp3) is 0.600. The van der Waals surface area contributed by atoms with E-state index in [0.717, 1.165) is 86.7 Å². The van der Waals surface area contributed by atoms with Gasteiger partial charge in [-0.3, -0.25) is 9.69 Å². The topological polar surface area (TPSA) is 60.6 Å². The molecule has 7 heteroatoms. The van der Waals surface area contributed by atoms with Crippen molar-refractivity contribution in [2.75, 3.05) is 39.4 Å². The molecule has 1 aromatic carbocycles. The molecule has 0 radical (unpaired) electrons. The third kappa shape index (κ3) is 5.88. The number of fused-ring (bicyclic) bond motifs is 1. The zero-order chi connectivity index (χ0) is 22.3. The molecule has 0 unspecified atom stereocenters. The molecular weight excluding hydrogens is 420 g/mol. The Kier molecular flexibility index (Phi) is 8.16. The standard InChI is InChI=1S/C25H36N4O2S/c1-2-19-8-9-23-20(16-19)17-21(24(30)27-23)18-29(22-6-3-4-7-22)25(32)26-10-5-11-28-12-14-31-15-13-28/h8-9,16-17,22H,2-7,10-15,18H2,1H3,(H,26,32)(H,27,30). The van der Waals surface area contributed by atoms with Gasteiger partial charge >= 0.3 is 0 Å². The molecule has 2 aliphatic rings. The van der Waals surface area contributed by atoms with Crippen molar-refractivity contribution in [1.29, 1.82) is 0 Å². The Labute approximate surface area is 196 Å². The number of nitrogens with one attached hydrogen (secondary N) is 2. The Balaban J connectivity index is 1.42. The Hall–Kier alpha value is -1.96. The first kappa shape index (κ1) is 23.2. The lowest BCUT2D eigenvalue weighted by Crippen LogP contribution is -2.46. The summed E-state index contributed by atoms with van der Waals surface area (Å²) >= 11 is 5.83. The second-order valence-electron chi connectivity index (χ2n) is 9.00. The van der Waals surface area contributed by atoms with Crippen molar-refractivity contribution < 1.29 is 4.74 Å². The van der Waals surface area contributed by atoms with Gasteiger partial charge in [-0.15, -0.1) is 0 Å². The summed E-state index contributed by atoms with van der Waals surface area (Å²) in [5.41, 5.74) is 2.95. The van der Waals surface area contributed by atoms with Crippen molar-refractivity contribution in [3.05, 3.63) is 45.7 Å². The third-order valence-corrected chi connectivity index (χ3v) is 7.17. The number of rotatable bonds is 8. The highest BCUT2D eigenvalue weighted by atomic mass is 32.1. The Bertz CT molecular complexity index is 964. The molecule has 1 aliphatic carbocycles. The van der Waals surface area contributed by atoms with E-state index in [1.807, 2.05) is 6.07 Å². The fourth-order valence-corrected chi connectivity index (χ4v) is 5.14. The lowest BCUT2D eigenvalue weighted by atomic mass is 10.1. The predicted molar refractivity (Wildman–Crippen MR) is 134 cm³/mol. The van der Waals surface area contributed by atoms with E-state index < -0.39 is 0 Å². The zero-order valence-corrected chi connectivity index (χ0v) is 20.0. The number of nitrogens with zero attached hydrogens (tertiary/aromatic N) is 2.